The summed E-state index contributed by atoms with van der Waals surface area (Å²) in [6.07, 6.45) is -0.277. The van der Waals surface area contributed by atoms with E-state index < -0.39 is 5.60 Å². The lowest BCUT2D eigenvalue weighted by atomic mass is 9.83. The summed E-state index contributed by atoms with van der Waals surface area (Å²) in [4.78, 5) is 13.2. The monoisotopic (exact) mass is 277 g/mol. The molecule has 0 saturated carbocycles. The number of hydrogen-bond donors (Lipinski definition) is 0. The van der Waals surface area contributed by atoms with Crippen LogP contribution in [-0.2, 0) is 15.8 Å². The van der Waals surface area contributed by atoms with Gasteiger partial charge in [0.2, 0.25) is 0 Å². The molecule has 20 heavy (non-hydrogen) atoms. The Morgan fingerprint density at radius 3 is 2.45 bits per heavy atom. The van der Waals surface area contributed by atoms with Crippen LogP contribution >= 0.6 is 0 Å². The highest BCUT2D eigenvalue weighted by Gasteiger charge is 2.41. The Morgan fingerprint density at radius 2 is 2.00 bits per heavy atom. The molecule has 1 aromatic carbocycles. The zero-order valence-electron chi connectivity index (χ0n) is 13.1. The first kappa shape index (κ1) is 14.7. The minimum Gasteiger partial charge on any atom is -0.496 e. The van der Waals surface area contributed by atoms with Gasteiger partial charge in [0.15, 0.2) is 5.60 Å². The van der Waals surface area contributed by atoms with Crippen LogP contribution in [0.1, 0.15) is 38.8 Å². The van der Waals surface area contributed by atoms with E-state index in [9.17, 15) is 4.79 Å². The number of ether oxygens (including phenoxy) is 2. The zero-order valence-corrected chi connectivity index (χ0v) is 13.1. The van der Waals surface area contributed by atoms with E-state index in [-0.39, 0.29) is 11.5 Å². The molecule has 1 unspecified atom stereocenters. The molecule has 1 heterocycles. The van der Waals surface area contributed by atoms with Gasteiger partial charge in [-0.1, -0.05) is 26.8 Å². The van der Waals surface area contributed by atoms with Gasteiger partial charge in [0.05, 0.1) is 13.7 Å². The van der Waals surface area contributed by atoms with Gasteiger partial charge >= 0.3 is 6.09 Å². The Balaban J connectivity index is 2.47. The van der Waals surface area contributed by atoms with Crippen LogP contribution in [0.25, 0.3) is 0 Å². The van der Waals surface area contributed by atoms with Crippen LogP contribution in [0.15, 0.2) is 18.2 Å². The SMILES string of the molecule is COc1ccc(C2(C)CN(C)C(=O)O2)cc1C(C)(C)C. The maximum Gasteiger partial charge on any atom is 0.410 e. The molecule has 1 amide bonds. The van der Waals surface area contributed by atoms with Crippen molar-refractivity contribution in [3.8, 4) is 5.75 Å². The van der Waals surface area contributed by atoms with E-state index in [1.807, 2.05) is 19.1 Å². The Hall–Kier alpha value is -1.71. The Labute approximate surface area is 120 Å². The van der Waals surface area contributed by atoms with Gasteiger partial charge in [-0.3, -0.25) is 0 Å². The highest BCUT2D eigenvalue weighted by Crippen LogP contribution is 2.38. The number of rotatable bonds is 2. The molecule has 0 aliphatic carbocycles. The van der Waals surface area contributed by atoms with E-state index in [2.05, 4.69) is 26.8 Å². The highest BCUT2D eigenvalue weighted by atomic mass is 16.6. The standard InChI is InChI=1S/C16H23NO3/c1-15(2,3)12-9-11(7-8-13(12)19-6)16(4)10-17(5)14(18)20-16/h7-9H,10H2,1-6H3. The van der Waals surface area contributed by atoms with Crippen LogP contribution in [0, 0.1) is 0 Å². The summed E-state index contributed by atoms with van der Waals surface area (Å²) >= 11 is 0. The first-order valence-electron chi connectivity index (χ1n) is 6.80. The van der Waals surface area contributed by atoms with Crippen LogP contribution in [0.3, 0.4) is 0 Å². The lowest BCUT2D eigenvalue weighted by molar-refractivity contribution is 0.0700. The van der Waals surface area contributed by atoms with Crippen molar-refractivity contribution in [1.29, 1.82) is 0 Å². The van der Waals surface area contributed by atoms with Crippen molar-refractivity contribution in [3.63, 3.8) is 0 Å². The van der Waals surface area contributed by atoms with E-state index >= 15 is 0 Å². The number of hydrogen-bond acceptors (Lipinski definition) is 3. The van der Waals surface area contributed by atoms with Gasteiger partial charge in [0, 0.05) is 7.05 Å². The molecule has 1 atom stereocenters. The number of carbonyl (C=O) groups is 1. The van der Waals surface area contributed by atoms with Gasteiger partial charge in [-0.05, 0) is 35.6 Å². The van der Waals surface area contributed by atoms with Crippen molar-refractivity contribution in [2.24, 2.45) is 0 Å². The Kier molecular flexibility index (Phi) is 3.44. The van der Waals surface area contributed by atoms with Gasteiger partial charge in [0.25, 0.3) is 0 Å². The van der Waals surface area contributed by atoms with Crippen molar-refractivity contribution < 1.29 is 14.3 Å². The number of benzene rings is 1. The molecule has 0 aromatic heterocycles. The van der Waals surface area contributed by atoms with Gasteiger partial charge in [-0.25, -0.2) is 4.79 Å². The molecule has 110 valence electrons. The molecule has 1 aromatic rings. The smallest absolute Gasteiger partial charge is 0.410 e. The van der Waals surface area contributed by atoms with Crippen molar-refractivity contribution >= 4 is 6.09 Å². The predicted octanol–water partition coefficient (Wildman–Crippen LogP) is 3.29. The zero-order chi connectivity index (χ0) is 15.1. The number of carbonyl (C=O) groups excluding carboxylic acids is 1. The molecule has 1 aliphatic rings. The average Bonchev–Trinajstić information content (AvgIpc) is 2.62. The van der Waals surface area contributed by atoms with Crippen LogP contribution in [0.2, 0.25) is 0 Å². The largest absolute Gasteiger partial charge is 0.496 e. The first-order chi connectivity index (χ1) is 9.17. The van der Waals surface area contributed by atoms with E-state index in [0.717, 1.165) is 16.9 Å². The summed E-state index contributed by atoms with van der Waals surface area (Å²) in [6, 6.07) is 6.01. The summed E-state index contributed by atoms with van der Waals surface area (Å²) in [6.45, 7) is 8.93. The van der Waals surface area contributed by atoms with Gasteiger partial charge in [-0.15, -0.1) is 0 Å². The minimum absolute atomic E-state index is 0.0355. The van der Waals surface area contributed by atoms with Crippen LogP contribution in [0.4, 0.5) is 4.79 Å². The molecule has 4 nitrogen and oxygen atoms in total. The van der Waals surface area contributed by atoms with E-state index in [4.69, 9.17) is 9.47 Å². The predicted molar refractivity (Wildman–Crippen MR) is 78.2 cm³/mol. The summed E-state index contributed by atoms with van der Waals surface area (Å²) < 4.78 is 11.0. The topological polar surface area (TPSA) is 38.8 Å². The minimum atomic E-state index is -0.599. The van der Waals surface area contributed by atoms with Gasteiger partial charge < -0.3 is 14.4 Å². The number of nitrogens with zero attached hydrogens (tertiary/aromatic N) is 1. The quantitative estimate of drug-likeness (QED) is 0.832. The number of likely N-dealkylation sites (N-methyl/N-ethyl adjacent to an activating group) is 1. The van der Waals surface area contributed by atoms with Gasteiger partial charge in [0.1, 0.15) is 5.75 Å². The fourth-order valence-corrected chi connectivity index (χ4v) is 2.59. The molecule has 4 heteroatoms. The second-order valence-corrected chi connectivity index (χ2v) is 6.62. The third kappa shape index (κ3) is 2.47. The van der Waals surface area contributed by atoms with Crippen molar-refractivity contribution in [2.75, 3.05) is 20.7 Å². The number of methoxy groups -OCH3 is 1. The second kappa shape index (κ2) is 4.69. The molecule has 0 spiro atoms. The van der Waals surface area contributed by atoms with Crippen LogP contribution < -0.4 is 4.74 Å². The third-order valence-corrected chi connectivity index (χ3v) is 3.78. The Morgan fingerprint density at radius 1 is 1.35 bits per heavy atom. The molecule has 1 aliphatic heterocycles. The highest BCUT2D eigenvalue weighted by molar-refractivity contribution is 5.70. The molecule has 2 rings (SSSR count). The molecular formula is C16H23NO3. The van der Waals surface area contributed by atoms with Crippen molar-refractivity contribution in [2.45, 2.75) is 38.7 Å². The first-order valence-corrected chi connectivity index (χ1v) is 6.80. The maximum atomic E-state index is 11.6. The molecule has 0 bridgehead atoms. The second-order valence-electron chi connectivity index (χ2n) is 6.62. The normalized spacial score (nSPS) is 22.9. The van der Waals surface area contributed by atoms with Gasteiger partial charge in [-0.2, -0.15) is 0 Å². The van der Waals surface area contributed by atoms with Crippen LogP contribution in [-0.4, -0.2) is 31.7 Å². The molecule has 0 N–H and O–H groups in total. The molecule has 1 saturated heterocycles. The summed E-state index contributed by atoms with van der Waals surface area (Å²) in [5, 5.41) is 0. The Bertz CT molecular complexity index is 533. The molecule has 0 radical (unpaired) electrons. The van der Waals surface area contributed by atoms with Crippen molar-refractivity contribution in [3.05, 3.63) is 29.3 Å². The summed E-state index contributed by atoms with van der Waals surface area (Å²) in [7, 11) is 3.43. The fraction of sp³-hybridized carbons (Fsp3) is 0.562. The number of cyclic esters (lactones) is 1. The van der Waals surface area contributed by atoms with E-state index in [1.165, 1.54) is 0 Å². The van der Waals surface area contributed by atoms with E-state index in [1.54, 1.807) is 19.1 Å². The number of amides is 1. The summed E-state index contributed by atoms with van der Waals surface area (Å²) in [5.41, 5.74) is 1.48. The molecular weight excluding hydrogens is 254 g/mol. The van der Waals surface area contributed by atoms with E-state index in [0.29, 0.717) is 6.54 Å². The molecule has 1 fully saturated rings. The average molecular weight is 277 g/mol. The van der Waals surface area contributed by atoms with Crippen molar-refractivity contribution in [1.82, 2.24) is 4.90 Å². The maximum absolute atomic E-state index is 11.6. The van der Waals surface area contributed by atoms with Crippen LogP contribution in [0.5, 0.6) is 5.75 Å². The third-order valence-electron chi connectivity index (χ3n) is 3.78. The summed E-state index contributed by atoms with van der Waals surface area (Å²) in [5.74, 6) is 0.863. The lowest BCUT2D eigenvalue weighted by Crippen LogP contribution is -2.28. The fourth-order valence-electron chi connectivity index (χ4n) is 2.59. The lowest BCUT2D eigenvalue weighted by Gasteiger charge is -2.27.